The Morgan fingerprint density at radius 3 is 2.68 bits per heavy atom. The zero-order valence-electron chi connectivity index (χ0n) is 10.6. The molecule has 4 heteroatoms. The lowest BCUT2D eigenvalue weighted by Crippen LogP contribution is -2.04. The Hall–Kier alpha value is -0.650. The Balaban J connectivity index is 2.10. The van der Waals surface area contributed by atoms with Crippen LogP contribution in [0.5, 0.6) is 0 Å². The van der Waals surface area contributed by atoms with Gasteiger partial charge in [-0.2, -0.15) is 0 Å². The number of benzene rings is 1. The molecule has 0 saturated heterocycles. The SMILES string of the molecule is CCc1ccc(CC(O)c2ccc(I)c(Cl)c2)nc1. The van der Waals surface area contributed by atoms with Gasteiger partial charge in [-0.3, -0.25) is 4.98 Å². The first-order valence-electron chi connectivity index (χ1n) is 6.17. The summed E-state index contributed by atoms with van der Waals surface area (Å²) in [5, 5.41) is 10.9. The molecule has 1 atom stereocenters. The van der Waals surface area contributed by atoms with Crippen molar-refractivity contribution >= 4 is 34.2 Å². The number of aromatic nitrogens is 1. The Kier molecular flexibility index (Phi) is 5.19. The molecule has 1 unspecified atom stereocenters. The van der Waals surface area contributed by atoms with Crippen LogP contribution in [-0.2, 0) is 12.8 Å². The molecule has 0 bridgehead atoms. The van der Waals surface area contributed by atoms with Crippen molar-refractivity contribution in [3.63, 3.8) is 0 Å². The predicted octanol–water partition coefficient (Wildman–Crippen LogP) is 4.18. The fourth-order valence-corrected chi connectivity index (χ4v) is 2.35. The molecule has 2 rings (SSSR count). The minimum Gasteiger partial charge on any atom is -0.388 e. The van der Waals surface area contributed by atoms with Crippen LogP contribution in [0.25, 0.3) is 0 Å². The summed E-state index contributed by atoms with van der Waals surface area (Å²) < 4.78 is 0.987. The van der Waals surface area contributed by atoms with E-state index in [1.165, 1.54) is 5.56 Å². The van der Waals surface area contributed by atoms with E-state index in [2.05, 4.69) is 40.6 Å². The molecule has 19 heavy (non-hydrogen) atoms. The molecule has 1 heterocycles. The van der Waals surface area contributed by atoms with Gasteiger partial charge >= 0.3 is 0 Å². The van der Waals surface area contributed by atoms with Gasteiger partial charge in [0, 0.05) is 21.9 Å². The third-order valence-electron chi connectivity index (χ3n) is 3.03. The molecular formula is C15H15ClINO. The normalized spacial score (nSPS) is 12.4. The van der Waals surface area contributed by atoms with Gasteiger partial charge < -0.3 is 5.11 Å². The molecule has 0 aliphatic rings. The Labute approximate surface area is 132 Å². The van der Waals surface area contributed by atoms with E-state index in [4.69, 9.17) is 11.6 Å². The molecule has 0 radical (unpaired) electrons. The molecular weight excluding hydrogens is 373 g/mol. The van der Waals surface area contributed by atoms with Gasteiger partial charge in [0.25, 0.3) is 0 Å². The van der Waals surface area contributed by atoms with Crippen LogP contribution < -0.4 is 0 Å². The lowest BCUT2D eigenvalue weighted by Gasteiger charge is -2.11. The second kappa shape index (κ2) is 6.68. The summed E-state index contributed by atoms with van der Waals surface area (Å²) in [6.45, 7) is 2.10. The molecule has 100 valence electrons. The van der Waals surface area contributed by atoms with Crippen LogP contribution >= 0.6 is 34.2 Å². The maximum atomic E-state index is 10.2. The minimum atomic E-state index is -0.575. The van der Waals surface area contributed by atoms with E-state index in [9.17, 15) is 5.11 Å². The van der Waals surface area contributed by atoms with E-state index in [-0.39, 0.29) is 0 Å². The lowest BCUT2D eigenvalue weighted by atomic mass is 10.0. The second-order valence-corrected chi connectivity index (χ2v) is 5.97. The number of aryl methyl sites for hydroxylation is 1. The average molecular weight is 388 g/mol. The maximum absolute atomic E-state index is 10.2. The van der Waals surface area contributed by atoms with E-state index >= 15 is 0 Å². The van der Waals surface area contributed by atoms with Gasteiger partial charge in [-0.25, -0.2) is 0 Å². The summed E-state index contributed by atoms with van der Waals surface area (Å²) in [5.41, 5.74) is 2.92. The van der Waals surface area contributed by atoms with Crippen molar-refractivity contribution in [2.24, 2.45) is 0 Å². The summed E-state index contributed by atoms with van der Waals surface area (Å²) >= 11 is 8.24. The van der Waals surface area contributed by atoms with E-state index < -0.39 is 6.10 Å². The van der Waals surface area contributed by atoms with Gasteiger partial charge in [0.15, 0.2) is 0 Å². The summed E-state index contributed by atoms with van der Waals surface area (Å²) in [6.07, 6.45) is 2.77. The summed E-state index contributed by atoms with van der Waals surface area (Å²) in [5.74, 6) is 0. The van der Waals surface area contributed by atoms with Crippen molar-refractivity contribution in [3.05, 3.63) is 61.9 Å². The molecule has 0 aliphatic carbocycles. The van der Waals surface area contributed by atoms with Crippen LogP contribution in [0.4, 0.5) is 0 Å². The van der Waals surface area contributed by atoms with Crippen molar-refractivity contribution in [1.29, 1.82) is 0 Å². The molecule has 0 aliphatic heterocycles. The number of rotatable bonds is 4. The summed E-state index contributed by atoms with van der Waals surface area (Å²) in [4.78, 5) is 4.36. The van der Waals surface area contributed by atoms with E-state index in [0.717, 1.165) is 21.2 Å². The van der Waals surface area contributed by atoms with Crippen LogP contribution in [0, 0.1) is 3.57 Å². The van der Waals surface area contributed by atoms with Crippen LogP contribution in [-0.4, -0.2) is 10.1 Å². The van der Waals surface area contributed by atoms with E-state index in [0.29, 0.717) is 11.4 Å². The highest BCUT2D eigenvalue weighted by atomic mass is 127. The minimum absolute atomic E-state index is 0.501. The van der Waals surface area contributed by atoms with Crippen molar-refractivity contribution in [2.75, 3.05) is 0 Å². The maximum Gasteiger partial charge on any atom is 0.0846 e. The molecule has 0 fully saturated rings. The zero-order chi connectivity index (χ0) is 13.8. The van der Waals surface area contributed by atoms with E-state index in [1.54, 1.807) is 0 Å². The van der Waals surface area contributed by atoms with Crippen LogP contribution in [0.15, 0.2) is 36.5 Å². The monoisotopic (exact) mass is 387 g/mol. The first-order valence-corrected chi connectivity index (χ1v) is 7.62. The molecule has 0 spiro atoms. The number of hydrogen-bond acceptors (Lipinski definition) is 2. The van der Waals surface area contributed by atoms with Gasteiger partial charge in [0.2, 0.25) is 0 Å². The predicted molar refractivity (Wildman–Crippen MR) is 86.4 cm³/mol. The number of aliphatic hydroxyl groups excluding tert-OH is 1. The lowest BCUT2D eigenvalue weighted by molar-refractivity contribution is 0.177. The van der Waals surface area contributed by atoms with Crippen LogP contribution in [0.3, 0.4) is 0 Å². The highest BCUT2D eigenvalue weighted by Gasteiger charge is 2.11. The van der Waals surface area contributed by atoms with Crippen LogP contribution in [0.2, 0.25) is 5.02 Å². The number of halogens is 2. The smallest absolute Gasteiger partial charge is 0.0846 e. The van der Waals surface area contributed by atoms with Crippen molar-refractivity contribution < 1.29 is 5.11 Å². The molecule has 1 aromatic carbocycles. The number of nitrogens with zero attached hydrogens (tertiary/aromatic N) is 1. The Bertz CT molecular complexity index is 557. The standard InChI is InChI=1S/C15H15ClINO/c1-2-10-3-5-12(18-9-10)8-15(19)11-4-6-14(17)13(16)7-11/h3-7,9,15,19H,2,8H2,1H3. The van der Waals surface area contributed by atoms with Gasteiger partial charge in [-0.15, -0.1) is 0 Å². The third kappa shape index (κ3) is 3.91. The molecule has 2 nitrogen and oxygen atoms in total. The highest BCUT2D eigenvalue weighted by Crippen LogP contribution is 2.24. The number of aliphatic hydroxyl groups is 1. The fraction of sp³-hybridized carbons (Fsp3) is 0.267. The van der Waals surface area contributed by atoms with Crippen molar-refractivity contribution in [1.82, 2.24) is 4.98 Å². The topological polar surface area (TPSA) is 33.1 Å². The first kappa shape index (κ1) is 14.8. The van der Waals surface area contributed by atoms with Crippen molar-refractivity contribution in [3.8, 4) is 0 Å². The van der Waals surface area contributed by atoms with Gasteiger partial charge in [-0.1, -0.05) is 30.7 Å². The Morgan fingerprint density at radius 2 is 2.11 bits per heavy atom. The summed E-state index contributed by atoms with van der Waals surface area (Å²) in [6, 6.07) is 9.65. The molecule has 2 aromatic rings. The van der Waals surface area contributed by atoms with Crippen LogP contribution in [0.1, 0.15) is 29.8 Å². The fourth-order valence-electron chi connectivity index (χ4n) is 1.82. The quantitative estimate of drug-likeness (QED) is 0.799. The molecule has 1 N–H and O–H groups in total. The number of pyridine rings is 1. The second-order valence-electron chi connectivity index (χ2n) is 4.40. The largest absolute Gasteiger partial charge is 0.388 e. The van der Waals surface area contributed by atoms with Gasteiger partial charge in [0.05, 0.1) is 11.1 Å². The first-order chi connectivity index (χ1) is 9.10. The van der Waals surface area contributed by atoms with Gasteiger partial charge in [-0.05, 0) is 58.3 Å². The van der Waals surface area contributed by atoms with E-state index in [1.807, 2.05) is 30.5 Å². The molecule has 1 aromatic heterocycles. The Morgan fingerprint density at radius 1 is 1.32 bits per heavy atom. The summed E-state index contributed by atoms with van der Waals surface area (Å²) in [7, 11) is 0. The third-order valence-corrected chi connectivity index (χ3v) is 4.60. The number of hydrogen-bond donors (Lipinski definition) is 1. The average Bonchev–Trinajstić information content (AvgIpc) is 2.42. The highest BCUT2D eigenvalue weighted by molar-refractivity contribution is 14.1. The van der Waals surface area contributed by atoms with Gasteiger partial charge in [0.1, 0.15) is 0 Å². The molecule has 0 amide bonds. The van der Waals surface area contributed by atoms with Crippen molar-refractivity contribution in [2.45, 2.75) is 25.9 Å². The molecule has 0 saturated carbocycles. The zero-order valence-corrected chi connectivity index (χ0v) is 13.5.